The molecule has 0 atom stereocenters. The summed E-state index contributed by atoms with van der Waals surface area (Å²) >= 11 is 0. The molecule has 0 fully saturated rings. The molecule has 0 radical (unpaired) electrons. The summed E-state index contributed by atoms with van der Waals surface area (Å²) in [5, 5.41) is 9.19. The molecule has 0 saturated carbocycles. The van der Waals surface area contributed by atoms with E-state index < -0.39 is 5.97 Å². The molecule has 0 aliphatic carbocycles. The maximum absolute atomic E-state index is 11.2. The van der Waals surface area contributed by atoms with Gasteiger partial charge in [0.25, 0.3) is 0 Å². The molecule has 104 valence electrons. The van der Waals surface area contributed by atoms with Gasteiger partial charge >= 0.3 is 5.97 Å². The van der Waals surface area contributed by atoms with Crippen molar-refractivity contribution in [2.75, 3.05) is 0 Å². The zero-order chi connectivity index (χ0) is 14.7. The van der Waals surface area contributed by atoms with Crippen molar-refractivity contribution in [3.63, 3.8) is 0 Å². The van der Waals surface area contributed by atoms with Crippen LogP contribution in [0.25, 0.3) is 11.1 Å². The van der Waals surface area contributed by atoms with Crippen molar-refractivity contribution in [1.29, 1.82) is 0 Å². The van der Waals surface area contributed by atoms with Gasteiger partial charge in [0.1, 0.15) is 11.3 Å². The molecule has 0 bridgehead atoms. The standard InChI is InChI=1S/C16H17NO3/c1-10(2)20-15-7-12(4-5-14(15)16(18)19)13-6-11(3)8-17-9-13/h4-10H,1-3H3,(H,18,19). The lowest BCUT2D eigenvalue weighted by Gasteiger charge is -2.14. The molecule has 1 N–H and O–H groups in total. The number of ether oxygens (including phenoxy) is 1. The Bertz CT molecular complexity index is 635. The molecule has 0 spiro atoms. The Balaban J connectivity index is 2.48. The normalized spacial score (nSPS) is 10.6. The highest BCUT2D eigenvalue weighted by Crippen LogP contribution is 2.28. The highest BCUT2D eigenvalue weighted by atomic mass is 16.5. The topological polar surface area (TPSA) is 59.4 Å². The number of carboxylic acids is 1. The van der Waals surface area contributed by atoms with Gasteiger partial charge in [-0.3, -0.25) is 4.98 Å². The van der Waals surface area contributed by atoms with Gasteiger partial charge in [-0.05, 0) is 50.1 Å². The fourth-order valence-corrected chi connectivity index (χ4v) is 1.94. The average molecular weight is 271 g/mol. The lowest BCUT2D eigenvalue weighted by Crippen LogP contribution is -2.10. The zero-order valence-corrected chi connectivity index (χ0v) is 11.8. The molecule has 0 saturated heterocycles. The molecule has 1 aromatic heterocycles. The maximum Gasteiger partial charge on any atom is 0.339 e. The quantitative estimate of drug-likeness (QED) is 0.924. The summed E-state index contributed by atoms with van der Waals surface area (Å²) < 4.78 is 5.60. The minimum atomic E-state index is -0.991. The summed E-state index contributed by atoms with van der Waals surface area (Å²) in [6.07, 6.45) is 3.45. The second kappa shape index (κ2) is 5.74. The molecule has 4 nitrogen and oxygen atoms in total. The lowest BCUT2D eigenvalue weighted by atomic mass is 10.0. The first-order valence-electron chi connectivity index (χ1n) is 6.43. The summed E-state index contributed by atoms with van der Waals surface area (Å²) in [4.78, 5) is 15.4. The Hall–Kier alpha value is -2.36. The van der Waals surface area contributed by atoms with Crippen LogP contribution in [0, 0.1) is 6.92 Å². The van der Waals surface area contributed by atoms with E-state index in [0.717, 1.165) is 16.7 Å². The van der Waals surface area contributed by atoms with Gasteiger partial charge in [0.05, 0.1) is 6.10 Å². The maximum atomic E-state index is 11.2. The molecule has 4 heteroatoms. The third kappa shape index (κ3) is 3.15. The van der Waals surface area contributed by atoms with Gasteiger partial charge in [-0.2, -0.15) is 0 Å². The predicted octanol–water partition coefficient (Wildman–Crippen LogP) is 3.54. The fraction of sp³-hybridized carbons (Fsp3) is 0.250. The van der Waals surface area contributed by atoms with Crippen LogP contribution in [-0.4, -0.2) is 22.2 Å². The summed E-state index contributed by atoms with van der Waals surface area (Å²) in [6, 6.07) is 7.09. The number of benzene rings is 1. The number of aryl methyl sites for hydroxylation is 1. The number of hydrogen-bond donors (Lipinski definition) is 1. The van der Waals surface area contributed by atoms with Crippen LogP contribution in [0.4, 0.5) is 0 Å². The van der Waals surface area contributed by atoms with E-state index in [-0.39, 0.29) is 11.7 Å². The van der Waals surface area contributed by atoms with Crippen molar-refractivity contribution in [1.82, 2.24) is 4.98 Å². The van der Waals surface area contributed by atoms with E-state index >= 15 is 0 Å². The Kier molecular flexibility index (Phi) is 4.03. The summed E-state index contributed by atoms with van der Waals surface area (Å²) in [5.41, 5.74) is 3.05. The van der Waals surface area contributed by atoms with Gasteiger partial charge in [-0.1, -0.05) is 6.07 Å². The molecule has 0 unspecified atom stereocenters. The molecule has 1 heterocycles. The van der Waals surface area contributed by atoms with Gasteiger partial charge in [0.15, 0.2) is 0 Å². The summed E-state index contributed by atoms with van der Waals surface area (Å²) in [7, 11) is 0. The van der Waals surface area contributed by atoms with Crippen molar-refractivity contribution >= 4 is 5.97 Å². The van der Waals surface area contributed by atoms with Crippen molar-refractivity contribution in [3.05, 3.63) is 47.8 Å². The molecular weight excluding hydrogens is 254 g/mol. The van der Waals surface area contributed by atoms with Crippen LogP contribution in [0.1, 0.15) is 29.8 Å². The molecule has 0 amide bonds. The van der Waals surface area contributed by atoms with E-state index in [1.165, 1.54) is 0 Å². The lowest BCUT2D eigenvalue weighted by molar-refractivity contribution is 0.0690. The SMILES string of the molecule is Cc1cncc(-c2ccc(C(=O)O)c(OC(C)C)c2)c1. The highest BCUT2D eigenvalue weighted by molar-refractivity contribution is 5.92. The van der Waals surface area contributed by atoms with E-state index in [1.807, 2.05) is 26.8 Å². The number of nitrogens with zero attached hydrogens (tertiary/aromatic N) is 1. The van der Waals surface area contributed by atoms with Gasteiger partial charge < -0.3 is 9.84 Å². The van der Waals surface area contributed by atoms with Gasteiger partial charge in [0, 0.05) is 18.0 Å². The monoisotopic (exact) mass is 271 g/mol. The van der Waals surface area contributed by atoms with Crippen LogP contribution >= 0.6 is 0 Å². The van der Waals surface area contributed by atoms with E-state index in [2.05, 4.69) is 4.98 Å². The molecule has 0 aliphatic heterocycles. The Morgan fingerprint density at radius 2 is 1.95 bits per heavy atom. The molecule has 20 heavy (non-hydrogen) atoms. The van der Waals surface area contributed by atoms with Crippen LogP contribution in [0.3, 0.4) is 0 Å². The van der Waals surface area contributed by atoms with Crippen molar-refractivity contribution < 1.29 is 14.6 Å². The largest absolute Gasteiger partial charge is 0.490 e. The number of carbonyl (C=O) groups is 1. The van der Waals surface area contributed by atoms with Gasteiger partial charge in [-0.15, -0.1) is 0 Å². The van der Waals surface area contributed by atoms with Crippen molar-refractivity contribution in [2.24, 2.45) is 0 Å². The van der Waals surface area contributed by atoms with Gasteiger partial charge in [-0.25, -0.2) is 4.79 Å². The third-order valence-electron chi connectivity index (χ3n) is 2.78. The van der Waals surface area contributed by atoms with Crippen molar-refractivity contribution in [2.45, 2.75) is 26.9 Å². The van der Waals surface area contributed by atoms with E-state index in [1.54, 1.807) is 30.6 Å². The third-order valence-corrected chi connectivity index (χ3v) is 2.78. The Morgan fingerprint density at radius 3 is 2.55 bits per heavy atom. The first-order chi connectivity index (χ1) is 9.47. The second-order valence-corrected chi connectivity index (χ2v) is 4.93. The van der Waals surface area contributed by atoms with Crippen LogP contribution in [0.5, 0.6) is 5.75 Å². The number of aromatic nitrogens is 1. The van der Waals surface area contributed by atoms with Crippen molar-refractivity contribution in [3.8, 4) is 16.9 Å². The zero-order valence-electron chi connectivity index (χ0n) is 11.8. The number of hydrogen-bond acceptors (Lipinski definition) is 3. The number of pyridine rings is 1. The smallest absolute Gasteiger partial charge is 0.339 e. The first kappa shape index (κ1) is 14.1. The Morgan fingerprint density at radius 1 is 1.20 bits per heavy atom. The molecular formula is C16H17NO3. The molecule has 0 aliphatic rings. The first-order valence-corrected chi connectivity index (χ1v) is 6.43. The summed E-state index contributed by atoms with van der Waals surface area (Å²) in [5.74, 6) is -0.610. The number of rotatable bonds is 4. The van der Waals surface area contributed by atoms with Gasteiger partial charge in [0.2, 0.25) is 0 Å². The van der Waals surface area contributed by atoms with E-state index in [0.29, 0.717) is 5.75 Å². The molecule has 2 rings (SSSR count). The number of carboxylic acid groups (broad SMARTS) is 1. The Labute approximate surface area is 118 Å². The van der Waals surface area contributed by atoms with E-state index in [9.17, 15) is 9.90 Å². The predicted molar refractivity (Wildman–Crippen MR) is 77.1 cm³/mol. The summed E-state index contributed by atoms with van der Waals surface area (Å²) in [6.45, 7) is 5.70. The molecule has 2 aromatic rings. The van der Waals surface area contributed by atoms with Crippen LogP contribution < -0.4 is 4.74 Å². The minimum absolute atomic E-state index is 0.0843. The molecule has 1 aromatic carbocycles. The van der Waals surface area contributed by atoms with Crippen LogP contribution in [0.15, 0.2) is 36.7 Å². The highest BCUT2D eigenvalue weighted by Gasteiger charge is 2.14. The number of aromatic carboxylic acids is 1. The van der Waals surface area contributed by atoms with E-state index in [4.69, 9.17) is 4.74 Å². The van der Waals surface area contributed by atoms with Crippen LogP contribution in [-0.2, 0) is 0 Å². The van der Waals surface area contributed by atoms with Crippen LogP contribution in [0.2, 0.25) is 0 Å². The average Bonchev–Trinajstić information content (AvgIpc) is 2.37. The minimum Gasteiger partial charge on any atom is -0.490 e. The second-order valence-electron chi connectivity index (χ2n) is 4.93. The fourth-order valence-electron chi connectivity index (χ4n) is 1.94.